The predicted octanol–water partition coefficient (Wildman–Crippen LogP) is 3.07. The van der Waals surface area contributed by atoms with Crippen molar-refractivity contribution in [2.24, 2.45) is 7.05 Å². The molecule has 10 nitrogen and oxygen atoms in total. The van der Waals surface area contributed by atoms with Gasteiger partial charge in [0, 0.05) is 23.3 Å². The van der Waals surface area contributed by atoms with E-state index in [9.17, 15) is 35.3 Å². The van der Waals surface area contributed by atoms with E-state index in [4.69, 9.17) is 4.74 Å². The number of fused-ring (bicyclic) bond motifs is 1. The van der Waals surface area contributed by atoms with Crippen molar-refractivity contribution in [1.82, 2.24) is 14.5 Å². The number of alkyl halides is 3. The maximum atomic E-state index is 13.6. The lowest BCUT2D eigenvalue weighted by Crippen LogP contribution is -2.14. The highest BCUT2D eigenvalue weighted by molar-refractivity contribution is 8.13. The number of rotatable bonds is 6. The van der Waals surface area contributed by atoms with E-state index in [0.717, 1.165) is 24.6 Å². The van der Waals surface area contributed by atoms with Crippen LogP contribution in [0.2, 0.25) is 0 Å². The second-order valence-electron chi connectivity index (χ2n) is 6.96. The van der Waals surface area contributed by atoms with Crippen molar-refractivity contribution in [3.8, 4) is 23.1 Å². The van der Waals surface area contributed by atoms with E-state index in [0.29, 0.717) is 11.0 Å². The van der Waals surface area contributed by atoms with Crippen LogP contribution in [-0.4, -0.2) is 57.1 Å². The van der Waals surface area contributed by atoms with Crippen LogP contribution in [0.4, 0.5) is 13.2 Å². The highest BCUT2D eigenvalue weighted by Crippen LogP contribution is 2.39. The summed E-state index contributed by atoms with van der Waals surface area (Å²) in [7, 11) is -0.728. The van der Waals surface area contributed by atoms with Crippen LogP contribution in [-0.2, 0) is 36.6 Å². The molecule has 0 N–H and O–H groups in total. The molecule has 1 aromatic carbocycles. The SMILES string of the molecule is CS(=O)(=O)Cl.Cn1cnc2c(C#N)nc(-c3ccc(OCCOS(C)(=O)=O)c(C(F)(F)F)c3)cc21. The Morgan fingerprint density at radius 1 is 1.14 bits per heavy atom. The molecule has 190 valence electrons. The first kappa shape index (κ1) is 28.3. The summed E-state index contributed by atoms with van der Waals surface area (Å²) in [5.41, 5.74) is 0.121. The predicted molar refractivity (Wildman–Crippen MR) is 121 cm³/mol. The summed E-state index contributed by atoms with van der Waals surface area (Å²) in [4.78, 5) is 8.20. The Balaban J connectivity index is 0.000000784. The lowest BCUT2D eigenvalue weighted by atomic mass is 10.1. The van der Waals surface area contributed by atoms with Gasteiger partial charge in [0.2, 0.25) is 9.05 Å². The van der Waals surface area contributed by atoms with Crippen LogP contribution in [0.5, 0.6) is 5.75 Å². The third-order valence-electron chi connectivity index (χ3n) is 4.04. The summed E-state index contributed by atoms with van der Waals surface area (Å²) in [5.74, 6) is -0.481. The van der Waals surface area contributed by atoms with Gasteiger partial charge in [-0.2, -0.15) is 26.9 Å². The summed E-state index contributed by atoms with van der Waals surface area (Å²) in [5, 5.41) is 9.31. The van der Waals surface area contributed by atoms with Crippen LogP contribution in [0.3, 0.4) is 0 Å². The molecule has 16 heteroatoms. The average molecular weight is 555 g/mol. The number of aryl methyl sites for hydroxylation is 1. The Labute approximate surface area is 203 Å². The standard InChI is InChI=1S/C18H15F3N4O4S.CH3ClO2S/c1-25-10-23-17-14(9-22)24-13(8-15(17)25)11-3-4-16(12(7-11)18(19,20)21)28-5-6-29-30(2,26)27;1-5(2,3)4/h3-4,7-8,10H,5-6H2,1-2H3;1H3. The van der Waals surface area contributed by atoms with Crippen LogP contribution in [0.1, 0.15) is 11.3 Å². The number of nitriles is 1. The van der Waals surface area contributed by atoms with E-state index in [1.54, 1.807) is 17.7 Å². The average Bonchev–Trinajstić information content (AvgIpc) is 3.09. The molecule has 2 aromatic heterocycles. The molecule has 0 atom stereocenters. The lowest BCUT2D eigenvalue weighted by Gasteiger charge is -2.15. The molecule has 0 aliphatic carbocycles. The van der Waals surface area contributed by atoms with Gasteiger partial charge in [0.1, 0.15) is 30.5 Å². The highest BCUT2D eigenvalue weighted by Gasteiger charge is 2.35. The fourth-order valence-corrected chi connectivity index (χ4v) is 3.10. The van der Waals surface area contributed by atoms with E-state index < -0.39 is 49.9 Å². The summed E-state index contributed by atoms with van der Waals surface area (Å²) >= 11 is 0. The monoisotopic (exact) mass is 554 g/mol. The van der Waals surface area contributed by atoms with E-state index >= 15 is 0 Å². The number of aromatic nitrogens is 3. The van der Waals surface area contributed by atoms with Crippen LogP contribution in [0.15, 0.2) is 30.6 Å². The smallest absolute Gasteiger partial charge is 0.419 e. The van der Waals surface area contributed by atoms with Gasteiger partial charge >= 0.3 is 6.18 Å². The van der Waals surface area contributed by atoms with Gasteiger partial charge in [0.05, 0.1) is 35.6 Å². The topological polar surface area (TPSA) is 141 Å². The normalized spacial score (nSPS) is 12.1. The first-order chi connectivity index (χ1) is 16.0. The third-order valence-corrected chi connectivity index (χ3v) is 4.63. The minimum atomic E-state index is -4.74. The van der Waals surface area contributed by atoms with Crippen molar-refractivity contribution in [3.05, 3.63) is 41.9 Å². The Morgan fingerprint density at radius 2 is 1.77 bits per heavy atom. The Hall–Kier alpha value is -2.93. The van der Waals surface area contributed by atoms with Gasteiger partial charge < -0.3 is 9.30 Å². The molecule has 0 aliphatic heterocycles. The number of hydrogen-bond acceptors (Lipinski definition) is 9. The number of nitrogens with zero attached hydrogens (tertiary/aromatic N) is 4. The quantitative estimate of drug-likeness (QED) is 0.255. The van der Waals surface area contributed by atoms with Crippen molar-refractivity contribution in [2.45, 2.75) is 6.18 Å². The van der Waals surface area contributed by atoms with E-state index in [2.05, 4.69) is 24.8 Å². The van der Waals surface area contributed by atoms with Gasteiger partial charge in [-0.15, -0.1) is 0 Å². The maximum Gasteiger partial charge on any atom is 0.419 e. The molecule has 0 bridgehead atoms. The van der Waals surface area contributed by atoms with E-state index in [1.807, 2.05) is 6.07 Å². The molecule has 0 amide bonds. The summed E-state index contributed by atoms with van der Waals surface area (Å²) in [6.45, 7) is -0.824. The van der Waals surface area contributed by atoms with E-state index in [1.165, 1.54) is 12.4 Å². The van der Waals surface area contributed by atoms with Crippen LogP contribution in [0, 0.1) is 11.3 Å². The summed E-state index contributed by atoms with van der Waals surface area (Å²) in [6.07, 6.45) is -1.51. The number of pyridine rings is 1. The van der Waals surface area contributed by atoms with Crippen LogP contribution >= 0.6 is 10.7 Å². The van der Waals surface area contributed by atoms with Crippen LogP contribution < -0.4 is 4.74 Å². The molecule has 0 radical (unpaired) electrons. The van der Waals surface area contributed by atoms with Gasteiger partial charge in [0.15, 0.2) is 5.69 Å². The van der Waals surface area contributed by atoms with Crippen molar-refractivity contribution in [1.29, 1.82) is 5.26 Å². The fourth-order valence-electron chi connectivity index (χ4n) is 2.73. The summed E-state index contributed by atoms with van der Waals surface area (Å²) < 4.78 is 92.5. The molecule has 0 saturated heterocycles. The minimum absolute atomic E-state index is 0.00471. The molecule has 35 heavy (non-hydrogen) atoms. The number of halogens is 4. The van der Waals surface area contributed by atoms with Crippen molar-refractivity contribution in [3.63, 3.8) is 0 Å². The molecular weight excluding hydrogens is 537 g/mol. The largest absolute Gasteiger partial charge is 0.490 e. The lowest BCUT2D eigenvalue weighted by molar-refractivity contribution is -0.139. The third kappa shape index (κ3) is 8.66. The van der Waals surface area contributed by atoms with Gasteiger partial charge in [0.25, 0.3) is 10.1 Å². The molecule has 3 rings (SSSR count). The first-order valence-electron chi connectivity index (χ1n) is 9.30. The molecule has 0 spiro atoms. The molecule has 0 saturated carbocycles. The van der Waals surface area contributed by atoms with Gasteiger partial charge in [-0.1, -0.05) is 0 Å². The van der Waals surface area contributed by atoms with Crippen molar-refractivity contribution < 1.29 is 38.9 Å². The Morgan fingerprint density at radius 3 is 2.31 bits per heavy atom. The molecular formula is C19H18ClF3N4O6S2. The first-order valence-corrected chi connectivity index (χ1v) is 13.8. The molecule has 0 aliphatic rings. The Kier molecular flexibility index (Phi) is 8.71. The zero-order valence-corrected chi connectivity index (χ0v) is 20.8. The van der Waals surface area contributed by atoms with Crippen LogP contribution in [0.25, 0.3) is 22.3 Å². The fraction of sp³-hybridized carbons (Fsp3) is 0.316. The van der Waals surface area contributed by atoms with E-state index in [-0.39, 0.29) is 17.0 Å². The van der Waals surface area contributed by atoms with Gasteiger partial charge in [-0.3, -0.25) is 4.18 Å². The second kappa shape index (κ2) is 10.8. The zero-order chi connectivity index (χ0) is 26.6. The molecule has 3 aromatic rings. The Bertz CT molecular complexity index is 1470. The zero-order valence-electron chi connectivity index (χ0n) is 18.4. The number of benzene rings is 1. The molecule has 2 heterocycles. The van der Waals surface area contributed by atoms with Gasteiger partial charge in [-0.25, -0.2) is 18.4 Å². The van der Waals surface area contributed by atoms with Crippen molar-refractivity contribution >= 4 is 40.9 Å². The minimum Gasteiger partial charge on any atom is -0.490 e. The second-order valence-corrected chi connectivity index (χ2v) is 11.6. The maximum absolute atomic E-state index is 13.6. The number of ether oxygens (including phenoxy) is 1. The van der Waals surface area contributed by atoms with Crippen molar-refractivity contribution in [2.75, 3.05) is 25.7 Å². The number of hydrogen-bond donors (Lipinski definition) is 0. The highest BCUT2D eigenvalue weighted by atomic mass is 35.7. The summed E-state index contributed by atoms with van der Waals surface area (Å²) in [6, 6.07) is 6.78. The molecule has 0 unspecified atom stereocenters. The number of imidazole rings is 1. The van der Waals surface area contributed by atoms with Gasteiger partial charge in [-0.05, 0) is 24.3 Å². The molecule has 0 fully saturated rings.